The molecule has 0 aliphatic rings. The Morgan fingerprint density at radius 1 is 1.91 bits per heavy atom. The van der Waals surface area contributed by atoms with Gasteiger partial charge in [0.25, 0.3) is 0 Å². The van der Waals surface area contributed by atoms with Gasteiger partial charge in [-0.05, 0) is 0 Å². The van der Waals surface area contributed by atoms with E-state index in [1.54, 1.807) is 6.08 Å². The minimum atomic E-state index is -0.949. The topological polar surface area (TPSA) is 49.3 Å². The number of rotatable bonds is 5. The van der Waals surface area contributed by atoms with E-state index in [-0.39, 0.29) is 0 Å². The van der Waals surface area contributed by atoms with Gasteiger partial charge in [0.1, 0.15) is 0 Å². The summed E-state index contributed by atoms with van der Waals surface area (Å²) in [5.74, 6) is -0.949. The zero-order valence-electron chi connectivity index (χ0n) is 5.78. The minimum absolute atomic E-state index is 0.416. The Balaban J connectivity index is 4.00. The fourth-order valence-electron chi connectivity index (χ4n) is 0.481. The third-order valence-corrected chi connectivity index (χ3v) is 1.71. The molecule has 0 fully saturated rings. The van der Waals surface area contributed by atoms with Gasteiger partial charge in [0.05, 0.1) is 0 Å². The molecule has 1 atom stereocenters. The van der Waals surface area contributed by atoms with E-state index >= 15 is 0 Å². The van der Waals surface area contributed by atoms with Gasteiger partial charge in [-0.1, -0.05) is 0 Å². The number of hydrogen-bond donors (Lipinski definition) is 3. The molecule has 11 heavy (non-hydrogen) atoms. The van der Waals surface area contributed by atoms with Crippen molar-refractivity contribution in [1.82, 2.24) is 5.32 Å². The Hall–Kier alpha value is -0.0905. The molecular weight excluding hydrogens is 229 g/mol. The molecular formula is C6H9NO2SSe. The number of thiol groups is 1. The van der Waals surface area contributed by atoms with Crippen LogP contribution >= 0.6 is 12.6 Å². The molecule has 0 aromatic heterocycles. The summed E-state index contributed by atoms with van der Waals surface area (Å²) >= 11 is 6.42. The van der Waals surface area contributed by atoms with Gasteiger partial charge in [-0.3, -0.25) is 0 Å². The second-order valence-corrected chi connectivity index (χ2v) is 3.89. The molecule has 0 rings (SSSR count). The molecule has 0 aliphatic carbocycles. The molecule has 2 N–H and O–H groups in total. The second kappa shape index (κ2) is 5.55. The Morgan fingerprint density at radius 2 is 2.45 bits per heavy atom. The zero-order valence-corrected chi connectivity index (χ0v) is 8.39. The molecule has 0 aromatic rings. The summed E-state index contributed by atoms with van der Waals surface area (Å²) in [7, 11) is 0. The maximum absolute atomic E-state index is 10.5. The fourth-order valence-corrected chi connectivity index (χ4v) is 1.07. The Kier molecular flexibility index (Phi) is 5.50. The summed E-state index contributed by atoms with van der Waals surface area (Å²) in [6, 6.07) is -0.740. The van der Waals surface area contributed by atoms with Crippen molar-refractivity contribution in [2.45, 2.75) is 6.04 Å². The van der Waals surface area contributed by atoms with Crippen molar-refractivity contribution in [3.63, 3.8) is 0 Å². The molecule has 62 valence electrons. The number of hydrogen-bond acceptors (Lipinski definition) is 3. The molecule has 0 saturated carbocycles. The van der Waals surface area contributed by atoms with Gasteiger partial charge in [-0.2, -0.15) is 0 Å². The zero-order chi connectivity index (χ0) is 8.85. The molecule has 0 heterocycles. The second-order valence-electron chi connectivity index (χ2n) is 1.81. The predicted octanol–water partition coefficient (Wildman–Crippen LogP) is -0.557. The van der Waals surface area contributed by atoms with Crippen molar-refractivity contribution in [2.75, 3.05) is 6.54 Å². The maximum atomic E-state index is 10.5. The van der Waals surface area contributed by atoms with Crippen molar-refractivity contribution in [1.29, 1.82) is 0 Å². The number of carboxylic acid groups (broad SMARTS) is 1. The van der Waals surface area contributed by atoms with Crippen LogP contribution < -0.4 is 5.32 Å². The first-order valence-electron chi connectivity index (χ1n) is 2.89. The van der Waals surface area contributed by atoms with E-state index in [4.69, 9.17) is 5.11 Å². The molecule has 0 radical (unpaired) electrons. The molecule has 5 heteroatoms. The number of aliphatic carboxylic acids is 1. The third-order valence-electron chi connectivity index (χ3n) is 0.960. The fraction of sp³-hybridized carbons (Fsp3) is 0.333. The Bertz CT molecular complexity index is 169. The van der Waals surface area contributed by atoms with Crippen LogP contribution in [0.4, 0.5) is 0 Å². The molecule has 0 saturated heterocycles. The first-order chi connectivity index (χ1) is 5.09. The average Bonchev–Trinajstić information content (AvgIpc) is 1.87. The van der Waals surface area contributed by atoms with Crippen LogP contribution in [-0.2, 0) is 4.79 Å². The van der Waals surface area contributed by atoms with Crippen LogP contribution in [0.5, 0.6) is 0 Å². The monoisotopic (exact) mass is 239 g/mol. The van der Waals surface area contributed by atoms with Crippen molar-refractivity contribution >= 4 is 37.9 Å². The van der Waals surface area contributed by atoms with Gasteiger partial charge in [-0.25, -0.2) is 0 Å². The Morgan fingerprint density at radius 3 is 2.73 bits per heavy atom. The van der Waals surface area contributed by atoms with E-state index in [0.29, 0.717) is 10.3 Å². The van der Waals surface area contributed by atoms with Crippen LogP contribution in [0.15, 0.2) is 12.7 Å². The van der Waals surface area contributed by atoms with Crippen LogP contribution in [0.1, 0.15) is 0 Å². The Labute approximate surface area is 78.6 Å². The van der Waals surface area contributed by atoms with Gasteiger partial charge in [0.2, 0.25) is 0 Å². The molecule has 3 nitrogen and oxygen atoms in total. The van der Waals surface area contributed by atoms with Gasteiger partial charge in [-0.15, -0.1) is 0 Å². The summed E-state index contributed by atoms with van der Waals surface area (Å²) in [4.78, 5) is 10.5. The normalized spacial score (nSPS) is 12.1. The van der Waals surface area contributed by atoms with E-state index in [0.717, 1.165) is 0 Å². The van der Waals surface area contributed by atoms with Crippen LogP contribution in [0, 0.1) is 0 Å². The number of carbonyl (C=O) groups is 1. The van der Waals surface area contributed by atoms with Crippen LogP contribution in [0.3, 0.4) is 0 Å². The average molecular weight is 238 g/mol. The molecule has 0 aliphatic heterocycles. The molecule has 0 unspecified atom stereocenters. The van der Waals surface area contributed by atoms with E-state index < -0.39 is 12.0 Å². The van der Waals surface area contributed by atoms with E-state index in [1.165, 1.54) is 0 Å². The summed E-state index contributed by atoms with van der Waals surface area (Å²) in [5.41, 5.74) is 0. The van der Waals surface area contributed by atoms with E-state index in [9.17, 15) is 4.79 Å². The van der Waals surface area contributed by atoms with E-state index in [2.05, 4.69) is 40.1 Å². The van der Waals surface area contributed by atoms with Crippen molar-refractivity contribution in [3.8, 4) is 0 Å². The summed E-state index contributed by atoms with van der Waals surface area (Å²) in [5, 5.41) is 11.3. The van der Waals surface area contributed by atoms with Crippen LogP contribution in [-0.4, -0.2) is 43.0 Å². The molecule has 0 aromatic carbocycles. The van der Waals surface area contributed by atoms with Crippen molar-refractivity contribution in [2.24, 2.45) is 0 Å². The number of carboxylic acids is 1. The summed E-state index contributed by atoms with van der Waals surface area (Å²) in [6.07, 6.45) is 1.59. The predicted molar refractivity (Wildman–Crippen MR) is 49.4 cm³/mol. The van der Waals surface area contributed by atoms with Crippen molar-refractivity contribution in [3.05, 3.63) is 12.7 Å². The molecule has 0 bridgehead atoms. The quantitative estimate of drug-likeness (QED) is 0.342. The van der Waals surface area contributed by atoms with Crippen molar-refractivity contribution < 1.29 is 9.90 Å². The molecule has 0 amide bonds. The summed E-state index contributed by atoms with van der Waals surface area (Å²) in [6.45, 7) is 3.90. The van der Waals surface area contributed by atoms with Gasteiger partial charge < -0.3 is 0 Å². The first kappa shape index (κ1) is 10.9. The molecule has 0 spiro atoms. The third kappa shape index (κ3) is 4.37. The SMILES string of the molecule is C=CCN[C@H](C(=O)O)C(S)=[Se]. The van der Waals surface area contributed by atoms with Crippen LogP contribution in [0.25, 0.3) is 0 Å². The van der Waals surface area contributed by atoms with Crippen LogP contribution in [0.2, 0.25) is 0 Å². The number of nitrogens with one attached hydrogen (secondary N) is 1. The first-order valence-corrected chi connectivity index (χ1v) is 4.20. The van der Waals surface area contributed by atoms with Gasteiger partial charge in [0, 0.05) is 0 Å². The van der Waals surface area contributed by atoms with Gasteiger partial charge >= 0.3 is 78.4 Å². The standard InChI is InChI=1S/C6H9NO2SSe/c1-2-3-7-4(5(8)9)6(10)11/h2,4,7H,1,3H2,(H,8,9)(H,10,11)/t4-/m1/s1. The van der Waals surface area contributed by atoms with E-state index in [1.807, 2.05) is 0 Å². The van der Waals surface area contributed by atoms with Gasteiger partial charge in [0.15, 0.2) is 0 Å². The summed E-state index contributed by atoms with van der Waals surface area (Å²) < 4.78 is 0.416.